The van der Waals surface area contributed by atoms with Crippen LogP contribution in [0.25, 0.3) is 0 Å². The topological polar surface area (TPSA) is 165 Å². The van der Waals surface area contributed by atoms with Crippen molar-refractivity contribution in [2.24, 2.45) is 4.99 Å². The number of benzene rings is 3. The number of fused-ring (bicyclic) bond motifs is 1. The van der Waals surface area contributed by atoms with Gasteiger partial charge in [-0.15, -0.1) is 0 Å². The van der Waals surface area contributed by atoms with Crippen LogP contribution >= 0.6 is 0 Å². The number of urea groups is 1. The number of aromatic nitrogens is 2. The number of ether oxygens (including phenoxy) is 3. The molecule has 1 aromatic heterocycles. The number of hydrogen-bond donors (Lipinski definition) is 1. The molecule has 2 amide bonds. The van der Waals surface area contributed by atoms with E-state index in [1.54, 1.807) is 37.3 Å². The number of likely N-dealkylation sites (N-methyl/N-ethyl adjacent to an activating group) is 1. The summed E-state index contributed by atoms with van der Waals surface area (Å²) in [5.74, 6) is -2.67. The van der Waals surface area contributed by atoms with Crippen LogP contribution in [0, 0.1) is 21.7 Å². The number of carbonyl (C=O) groups is 2. The lowest BCUT2D eigenvalue weighted by molar-refractivity contribution is -0.880. The lowest BCUT2D eigenvalue weighted by Gasteiger charge is -2.39. The van der Waals surface area contributed by atoms with Crippen LogP contribution in [0.15, 0.2) is 89.3 Å². The van der Waals surface area contributed by atoms with Crippen LogP contribution < -0.4 is 29.5 Å². The molecule has 16 nitrogen and oxygen atoms in total. The SMILES string of the molecule is COc1cc(OC)c(F)c(N2Cc3cnc(Nc4ccc(N5CCOCC5)cc4)nc3N(C(C)c3cccc(CC(=O)/C=C/C[N+](C)(C)CC4=C([N+](=O)[O-])N=CC4)c3)C2=O)c1F. The Kier molecular flexibility index (Phi) is 12.9. The number of carbonyl (C=O) groups excluding carboxylic acids is 2. The standard InChI is InChI=1S/C44H48F2N9O7/c1-28(30-9-6-8-29(22-30)23-35(56)10-7-19-55(2,3)27-31-15-16-47-41(31)54(58)59)53-42-32(26-52(44(53)57)40-38(45)36(60-4)24-37(61-5)39(40)46)25-48-43(50-42)49-33-11-13-34(14-12-33)51-17-20-62-21-18-51/h6-14,16,22,24-25,28H,15,17-21,23,26-27H2,1-5H3,(H,48,49,50)/q+1/b10-7+. The molecule has 1 fully saturated rings. The van der Waals surface area contributed by atoms with Crippen molar-refractivity contribution in [1.82, 2.24) is 9.97 Å². The predicted molar refractivity (Wildman–Crippen MR) is 230 cm³/mol. The molecule has 62 heavy (non-hydrogen) atoms. The van der Waals surface area contributed by atoms with Crippen molar-refractivity contribution in [3.05, 3.63) is 123 Å². The van der Waals surface area contributed by atoms with Crippen molar-refractivity contribution >= 4 is 46.9 Å². The molecule has 0 spiro atoms. The monoisotopic (exact) mass is 852 g/mol. The molecule has 4 heterocycles. The molecule has 3 aliphatic heterocycles. The fourth-order valence-corrected chi connectivity index (χ4v) is 7.74. The van der Waals surface area contributed by atoms with Gasteiger partial charge < -0.3 is 39.0 Å². The van der Waals surface area contributed by atoms with Crippen LogP contribution in [-0.2, 0) is 22.5 Å². The zero-order valence-electron chi connectivity index (χ0n) is 35.1. The van der Waals surface area contributed by atoms with Gasteiger partial charge in [-0.25, -0.2) is 18.6 Å². The van der Waals surface area contributed by atoms with Crippen LogP contribution in [0.3, 0.4) is 0 Å². The van der Waals surface area contributed by atoms with Crippen LogP contribution in [0.2, 0.25) is 0 Å². The van der Waals surface area contributed by atoms with Crippen molar-refractivity contribution in [3.8, 4) is 11.5 Å². The summed E-state index contributed by atoms with van der Waals surface area (Å²) in [5, 5.41) is 14.6. The summed E-state index contributed by atoms with van der Waals surface area (Å²) in [4.78, 5) is 56.6. The number of nitro groups is 1. The number of allylic oxidation sites excluding steroid dienone is 1. The highest BCUT2D eigenvalue weighted by Gasteiger charge is 2.40. The highest BCUT2D eigenvalue weighted by Crippen LogP contribution is 2.42. The zero-order valence-corrected chi connectivity index (χ0v) is 35.1. The number of ketones is 1. The number of quaternary nitrogens is 1. The minimum Gasteiger partial charge on any atom is -0.493 e. The van der Waals surface area contributed by atoms with Crippen molar-refractivity contribution < 1.29 is 42.0 Å². The smallest absolute Gasteiger partial charge is 0.368 e. The molecular formula is C44H48F2N9O7+. The largest absolute Gasteiger partial charge is 0.493 e. The van der Waals surface area contributed by atoms with E-state index in [0.717, 1.165) is 29.7 Å². The minimum atomic E-state index is -1.09. The van der Waals surface area contributed by atoms with Gasteiger partial charge in [-0.3, -0.25) is 14.6 Å². The number of anilines is 5. The molecule has 1 unspecified atom stereocenters. The van der Waals surface area contributed by atoms with Crippen molar-refractivity contribution in [3.63, 3.8) is 0 Å². The first kappa shape index (κ1) is 43.3. The third-order valence-corrected chi connectivity index (χ3v) is 10.9. The Morgan fingerprint density at radius 3 is 2.45 bits per heavy atom. The normalized spacial score (nSPS) is 15.9. The number of methoxy groups -OCH3 is 2. The molecule has 324 valence electrons. The molecule has 1 atom stereocenters. The third kappa shape index (κ3) is 9.40. The molecule has 0 saturated carbocycles. The van der Waals surface area contributed by atoms with Crippen molar-refractivity contribution in [1.29, 1.82) is 0 Å². The maximum absolute atomic E-state index is 16.0. The lowest BCUT2D eigenvalue weighted by Crippen LogP contribution is -2.49. The van der Waals surface area contributed by atoms with Crippen molar-refractivity contribution in [2.75, 3.05) is 87.7 Å². The maximum atomic E-state index is 16.0. The fourth-order valence-electron chi connectivity index (χ4n) is 7.74. The summed E-state index contributed by atoms with van der Waals surface area (Å²) in [6.45, 7) is 5.24. The summed E-state index contributed by atoms with van der Waals surface area (Å²) >= 11 is 0. The van der Waals surface area contributed by atoms with Gasteiger partial charge in [-0.1, -0.05) is 29.3 Å². The Bertz CT molecular complexity index is 2430. The van der Waals surface area contributed by atoms with E-state index in [0.29, 0.717) is 65.2 Å². The first-order valence-corrected chi connectivity index (χ1v) is 20.0. The number of aliphatic imine (C=N–C) groups is 1. The number of nitrogens with one attached hydrogen (secondary N) is 1. The third-order valence-electron chi connectivity index (χ3n) is 10.9. The summed E-state index contributed by atoms with van der Waals surface area (Å²) in [5.41, 5.74) is 3.44. The van der Waals surface area contributed by atoms with Gasteiger partial charge in [-0.05, 0) is 59.4 Å². The molecular weight excluding hydrogens is 805 g/mol. The summed E-state index contributed by atoms with van der Waals surface area (Å²) in [6, 6.07) is 14.5. The van der Waals surface area contributed by atoms with E-state index in [-0.39, 0.29) is 47.8 Å². The minimum absolute atomic E-state index is 0.0478. The molecule has 0 radical (unpaired) electrons. The molecule has 0 bridgehead atoms. The Morgan fingerprint density at radius 1 is 1.06 bits per heavy atom. The Hall–Kier alpha value is -6.79. The molecule has 3 aromatic carbocycles. The Labute approximate surface area is 357 Å². The predicted octanol–water partition coefficient (Wildman–Crippen LogP) is 6.77. The first-order valence-electron chi connectivity index (χ1n) is 20.0. The lowest BCUT2D eigenvalue weighted by atomic mass is 10.00. The van der Waals surface area contributed by atoms with Crippen LogP contribution in [0.5, 0.6) is 11.5 Å². The van der Waals surface area contributed by atoms with Gasteiger partial charge in [0.1, 0.15) is 24.3 Å². The number of morpholine rings is 1. The fraction of sp³-hybridized carbons (Fsp3) is 0.341. The highest BCUT2D eigenvalue weighted by molar-refractivity contribution is 6.06. The molecule has 1 saturated heterocycles. The number of nitrogens with zero attached hydrogens (tertiary/aromatic N) is 8. The second kappa shape index (κ2) is 18.4. The second-order valence-corrected chi connectivity index (χ2v) is 15.8. The molecule has 3 aliphatic rings. The van der Waals surface area contributed by atoms with Gasteiger partial charge >= 0.3 is 11.9 Å². The molecule has 7 rings (SSSR count). The van der Waals surface area contributed by atoms with Crippen LogP contribution in [0.1, 0.15) is 36.1 Å². The molecule has 0 aliphatic carbocycles. The maximum Gasteiger partial charge on any atom is 0.368 e. The number of amides is 2. The van der Waals surface area contributed by atoms with E-state index < -0.39 is 34.3 Å². The van der Waals surface area contributed by atoms with Gasteiger partial charge in [0.15, 0.2) is 28.9 Å². The van der Waals surface area contributed by atoms with Gasteiger partial charge in [-0.2, -0.15) is 4.98 Å². The summed E-state index contributed by atoms with van der Waals surface area (Å²) < 4.78 is 48.2. The molecule has 18 heteroatoms. The van der Waals surface area contributed by atoms with E-state index >= 15 is 8.78 Å². The first-order chi connectivity index (χ1) is 29.8. The summed E-state index contributed by atoms with van der Waals surface area (Å²) in [7, 11) is 6.30. The quantitative estimate of drug-likeness (QED) is 0.0548. The van der Waals surface area contributed by atoms with E-state index in [4.69, 9.17) is 19.2 Å². The van der Waals surface area contributed by atoms with Gasteiger partial charge in [0.25, 0.3) is 0 Å². The van der Waals surface area contributed by atoms with Gasteiger partial charge in [0.2, 0.25) is 5.95 Å². The molecule has 4 aromatic rings. The highest BCUT2D eigenvalue weighted by atomic mass is 19.1. The number of rotatable bonds is 16. The number of halogens is 2. The summed E-state index contributed by atoms with van der Waals surface area (Å²) in [6.07, 6.45) is 6.77. The van der Waals surface area contributed by atoms with Crippen molar-refractivity contribution in [2.45, 2.75) is 32.4 Å². The van der Waals surface area contributed by atoms with Gasteiger partial charge in [0.05, 0.1) is 66.2 Å². The number of hydrogen-bond acceptors (Lipinski definition) is 12. The van der Waals surface area contributed by atoms with Crippen LogP contribution in [0.4, 0.5) is 42.4 Å². The van der Waals surface area contributed by atoms with E-state index in [1.165, 1.54) is 37.6 Å². The second-order valence-electron chi connectivity index (χ2n) is 15.8. The average molecular weight is 853 g/mol. The van der Waals surface area contributed by atoms with E-state index in [1.807, 2.05) is 38.4 Å². The molecule has 1 N–H and O–H groups in total. The van der Waals surface area contributed by atoms with E-state index in [2.05, 4.69) is 20.2 Å². The van der Waals surface area contributed by atoms with Gasteiger partial charge in [0, 0.05) is 55.1 Å². The Balaban J connectivity index is 1.15. The average Bonchev–Trinajstić information content (AvgIpc) is 3.72. The Morgan fingerprint density at radius 2 is 1.77 bits per heavy atom. The van der Waals surface area contributed by atoms with E-state index in [9.17, 15) is 19.7 Å². The zero-order chi connectivity index (χ0) is 44.1. The van der Waals surface area contributed by atoms with Crippen LogP contribution in [-0.4, -0.2) is 105 Å².